The van der Waals surface area contributed by atoms with Gasteiger partial charge in [0.25, 0.3) is 0 Å². The summed E-state index contributed by atoms with van der Waals surface area (Å²) in [6.07, 6.45) is 6.81. The van der Waals surface area contributed by atoms with Gasteiger partial charge in [-0.05, 0) is 39.8 Å². The van der Waals surface area contributed by atoms with Crippen molar-refractivity contribution in [2.45, 2.75) is 71.0 Å². The fourth-order valence-electron chi connectivity index (χ4n) is 2.71. The molecule has 3 atom stereocenters. The minimum absolute atomic E-state index is 0.717. The van der Waals surface area contributed by atoms with E-state index in [1.807, 2.05) is 0 Å². The summed E-state index contributed by atoms with van der Waals surface area (Å²) in [7, 11) is 2.30. The van der Waals surface area contributed by atoms with E-state index in [1.165, 1.54) is 32.1 Å². The van der Waals surface area contributed by atoms with Crippen molar-refractivity contribution in [2.24, 2.45) is 0 Å². The van der Waals surface area contributed by atoms with Crippen molar-refractivity contribution in [3.05, 3.63) is 0 Å². The maximum Gasteiger partial charge on any atom is 0.0249 e. The van der Waals surface area contributed by atoms with Crippen molar-refractivity contribution < 1.29 is 0 Å². The second-order valence-corrected chi connectivity index (χ2v) is 4.94. The molecule has 0 saturated heterocycles. The Morgan fingerprint density at radius 3 is 2.53 bits per heavy atom. The van der Waals surface area contributed by atoms with E-state index in [0.29, 0.717) is 6.04 Å². The van der Waals surface area contributed by atoms with E-state index < -0.39 is 0 Å². The van der Waals surface area contributed by atoms with E-state index in [4.69, 9.17) is 0 Å². The van der Waals surface area contributed by atoms with Crippen molar-refractivity contribution >= 4 is 0 Å². The highest BCUT2D eigenvalue weighted by Gasteiger charge is 2.29. The predicted molar refractivity (Wildman–Crippen MR) is 67.2 cm³/mol. The minimum atomic E-state index is 0.717. The van der Waals surface area contributed by atoms with E-state index in [0.717, 1.165) is 18.6 Å². The molecule has 90 valence electrons. The molecule has 0 heterocycles. The average molecular weight is 212 g/mol. The van der Waals surface area contributed by atoms with Crippen molar-refractivity contribution in [3.63, 3.8) is 0 Å². The van der Waals surface area contributed by atoms with Crippen LogP contribution in [0.4, 0.5) is 0 Å². The summed E-state index contributed by atoms with van der Waals surface area (Å²) in [6.45, 7) is 7.95. The molecule has 0 aromatic carbocycles. The van der Waals surface area contributed by atoms with Gasteiger partial charge in [0.15, 0.2) is 0 Å². The largest absolute Gasteiger partial charge is 0.313 e. The molecule has 1 saturated carbocycles. The molecule has 1 aliphatic carbocycles. The molecule has 0 aromatic rings. The molecule has 0 bridgehead atoms. The quantitative estimate of drug-likeness (QED) is 0.753. The molecule has 1 fully saturated rings. The lowest BCUT2D eigenvalue weighted by Crippen LogP contribution is -2.52. The van der Waals surface area contributed by atoms with Gasteiger partial charge < -0.3 is 5.32 Å². The molecule has 0 aromatic heterocycles. The molecular formula is C13H28N2. The third kappa shape index (κ3) is 3.46. The third-order valence-electron chi connectivity index (χ3n) is 4.00. The lowest BCUT2D eigenvalue weighted by Gasteiger charge is -2.41. The molecule has 2 nitrogen and oxygen atoms in total. The van der Waals surface area contributed by atoms with Crippen LogP contribution in [0.25, 0.3) is 0 Å². The number of likely N-dealkylation sites (N-methyl/N-ethyl adjacent to an activating group) is 2. The van der Waals surface area contributed by atoms with Gasteiger partial charge in [-0.3, -0.25) is 4.90 Å². The lowest BCUT2D eigenvalue weighted by atomic mass is 9.88. The zero-order chi connectivity index (χ0) is 11.3. The van der Waals surface area contributed by atoms with Crippen LogP contribution in [0.3, 0.4) is 0 Å². The Balaban J connectivity index is 2.54. The number of nitrogens with one attached hydrogen (secondary N) is 1. The summed E-state index contributed by atoms with van der Waals surface area (Å²) >= 11 is 0. The van der Waals surface area contributed by atoms with Gasteiger partial charge in [-0.15, -0.1) is 0 Å². The summed E-state index contributed by atoms with van der Waals surface area (Å²) in [4.78, 5) is 2.59. The van der Waals surface area contributed by atoms with Crippen LogP contribution in [-0.2, 0) is 0 Å². The lowest BCUT2D eigenvalue weighted by molar-refractivity contribution is 0.112. The van der Waals surface area contributed by atoms with Crippen LogP contribution in [0.15, 0.2) is 0 Å². The van der Waals surface area contributed by atoms with Crippen molar-refractivity contribution in [2.75, 3.05) is 13.6 Å². The van der Waals surface area contributed by atoms with Gasteiger partial charge in [-0.25, -0.2) is 0 Å². The van der Waals surface area contributed by atoms with Crippen molar-refractivity contribution in [3.8, 4) is 0 Å². The monoisotopic (exact) mass is 212 g/mol. The van der Waals surface area contributed by atoms with E-state index in [2.05, 4.69) is 38.0 Å². The SMILES string of the molecule is CCNC1CCCCC1N(C)C(C)CC. The summed E-state index contributed by atoms with van der Waals surface area (Å²) in [5.74, 6) is 0. The molecule has 0 radical (unpaired) electrons. The van der Waals surface area contributed by atoms with Gasteiger partial charge in [0.2, 0.25) is 0 Å². The standard InChI is InChI=1S/C13H28N2/c1-5-11(3)15(4)13-10-8-7-9-12(13)14-6-2/h11-14H,5-10H2,1-4H3. The first kappa shape index (κ1) is 13.0. The first-order chi connectivity index (χ1) is 7.20. The molecule has 0 aliphatic heterocycles. The Morgan fingerprint density at radius 2 is 1.93 bits per heavy atom. The van der Waals surface area contributed by atoms with Crippen LogP contribution < -0.4 is 5.32 Å². The molecular weight excluding hydrogens is 184 g/mol. The topological polar surface area (TPSA) is 15.3 Å². The van der Waals surface area contributed by atoms with Crippen LogP contribution in [0.1, 0.15) is 52.9 Å². The summed E-state index contributed by atoms with van der Waals surface area (Å²) in [5.41, 5.74) is 0. The van der Waals surface area contributed by atoms with Crippen LogP contribution in [0, 0.1) is 0 Å². The summed E-state index contributed by atoms with van der Waals surface area (Å²) in [6, 6.07) is 2.20. The fraction of sp³-hybridized carbons (Fsp3) is 1.00. The fourth-order valence-corrected chi connectivity index (χ4v) is 2.71. The summed E-state index contributed by atoms with van der Waals surface area (Å²) in [5, 5.41) is 3.65. The molecule has 1 N–H and O–H groups in total. The molecule has 1 rings (SSSR count). The second kappa shape index (κ2) is 6.49. The zero-order valence-electron chi connectivity index (χ0n) is 10.9. The molecule has 0 amide bonds. The van der Waals surface area contributed by atoms with E-state index in [-0.39, 0.29) is 0 Å². The highest BCUT2D eigenvalue weighted by molar-refractivity contribution is 4.88. The van der Waals surface area contributed by atoms with E-state index >= 15 is 0 Å². The van der Waals surface area contributed by atoms with Crippen LogP contribution >= 0.6 is 0 Å². The van der Waals surface area contributed by atoms with Gasteiger partial charge in [-0.2, -0.15) is 0 Å². The van der Waals surface area contributed by atoms with Crippen molar-refractivity contribution in [1.82, 2.24) is 10.2 Å². The highest BCUT2D eigenvalue weighted by atomic mass is 15.2. The molecule has 0 spiro atoms. The highest BCUT2D eigenvalue weighted by Crippen LogP contribution is 2.24. The predicted octanol–water partition coefficient (Wildman–Crippen LogP) is 2.64. The Morgan fingerprint density at radius 1 is 1.27 bits per heavy atom. The van der Waals surface area contributed by atoms with Gasteiger partial charge in [-0.1, -0.05) is 26.7 Å². The molecule has 2 heteroatoms. The number of nitrogens with zero attached hydrogens (tertiary/aromatic N) is 1. The normalized spacial score (nSPS) is 29.4. The maximum absolute atomic E-state index is 3.65. The van der Waals surface area contributed by atoms with Gasteiger partial charge in [0.1, 0.15) is 0 Å². The second-order valence-electron chi connectivity index (χ2n) is 4.94. The van der Waals surface area contributed by atoms with E-state index in [9.17, 15) is 0 Å². The van der Waals surface area contributed by atoms with Gasteiger partial charge in [0, 0.05) is 18.1 Å². The number of hydrogen-bond donors (Lipinski definition) is 1. The van der Waals surface area contributed by atoms with Crippen LogP contribution in [0.2, 0.25) is 0 Å². The minimum Gasteiger partial charge on any atom is -0.313 e. The summed E-state index contributed by atoms with van der Waals surface area (Å²) < 4.78 is 0. The number of rotatable bonds is 5. The first-order valence-corrected chi connectivity index (χ1v) is 6.66. The first-order valence-electron chi connectivity index (χ1n) is 6.66. The molecule has 3 unspecified atom stereocenters. The Labute approximate surface area is 95.4 Å². The molecule has 15 heavy (non-hydrogen) atoms. The van der Waals surface area contributed by atoms with Crippen molar-refractivity contribution in [1.29, 1.82) is 0 Å². The van der Waals surface area contributed by atoms with Crippen LogP contribution in [-0.4, -0.2) is 36.6 Å². The molecule has 1 aliphatic rings. The smallest absolute Gasteiger partial charge is 0.0249 e. The third-order valence-corrected chi connectivity index (χ3v) is 4.00. The number of hydrogen-bond acceptors (Lipinski definition) is 2. The van der Waals surface area contributed by atoms with Crippen LogP contribution in [0.5, 0.6) is 0 Å². The average Bonchev–Trinajstić information content (AvgIpc) is 2.28. The van der Waals surface area contributed by atoms with E-state index in [1.54, 1.807) is 0 Å². The Hall–Kier alpha value is -0.0800. The maximum atomic E-state index is 3.65. The van der Waals surface area contributed by atoms with Gasteiger partial charge in [0.05, 0.1) is 0 Å². The zero-order valence-corrected chi connectivity index (χ0v) is 10.9. The Bertz CT molecular complexity index is 166. The Kier molecular flexibility index (Phi) is 5.62. The van der Waals surface area contributed by atoms with Gasteiger partial charge >= 0.3 is 0 Å².